The van der Waals surface area contributed by atoms with E-state index in [9.17, 15) is 4.79 Å². The Kier molecular flexibility index (Phi) is 6.37. The van der Waals surface area contributed by atoms with Crippen LogP contribution < -0.4 is 5.32 Å². The SMILES string of the molecule is O=C(/C=C/c1ccccc1Cl)NCCCCO. The first-order valence-corrected chi connectivity index (χ1v) is 5.93. The van der Waals surface area contributed by atoms with Crippen LogP contribution in [0, 0.1) is 0 Å². The van der Waals surface area contributed by atoms with Crippen LogP contribution in [0.4, 0.5) is 0 Å². The normalized spacial score (nSPS) is 10.7. The maximum absolute atomic E-state index is 11.4. The number of halogens is 1. The fraction of sp³-hybridized carbons (Fsp3) is 0.308. The molecule has 0 heterocycles. The molecule has 0 aliphatic heterocycles. The Morgan fingerprint density at radius 3 is 2.82 bits per heavy atom. The Balaban J connectivity index is 2.38. The highest BCUT2D eigenvalue weighted by molar-refractivity contribution is 6.32. The highest BCUT2D eigenvalue weighted by atomic mass is 35.5. The van der Waals surface area contributed by atoms with Gasteiger partial charge in [-0.1, -0.05) is 29.8 Å². The highest BCUT2D eigenvalue weighted by Crippen LogP contribution is 2.15. The molecular formula is C13H16ClNO2. The summed E-state index contributed by atoms with van der Waals surface area (Å²) in [5.41, 5.74) is 0.819. The average Bonchev–Trinajstić information content (AvgIpc) is 2.34. The summed E-state index contributed by atoms with van der Waals surface area (Å²) >= 11 is 5.94. The molecule has 0 saturated heterocycles. The molecule has 1 amide bonds. The van der Waals surface area contributed by atoms with Gasteiger partial charge in [-0.15, -0.1) is 0 Å². The van der Waals surface area contributed by atoms with Crippen LogP contribution in [0.5, 0.6) is 0 Å². The summed E-state index contributed by atoms with van der Waals surface area (Å²) in [5.74, 6) is -0.150. The summed E-state index contributed by atoms with van der Waals surface area (Å²) in [6, 6.07) is 7.33. The van der Waals surface area contributed by atoms with Gasteiger partial charge in [0.05, 0.1) is 0 Å². The van der Waals surface area contributed by atoms with Gasteiger partial charge in [-0.3, -0.25) is 4.79 Å². The number of hydrogen-bond donors (Lipinski definition) is 2. The van der Waals surface area contributed by atoms with E-state index in [2.05, 4.69) is 5.32 Å². The second-order valence-electron chi connectivity index (χ2n) is 3.58. The summed E-state index contributed by atoms with van der Waals surface area (Å²) in [4.78, 5) is 11.4. The van der Waals surface area contributed by atoms with Gasteiger partial charge >= 0.3 is 0 Å². The van der Waals surface area contributed by atoms with Gasteiger partial charge < -0.3 is 10.4 Å². The number of nitrogens with one attached hydrogen (secondary N) is 1. The van der Waals surface area contributed by atoms with E-state index in [1.807, 2.05) is 18.2 Å². The van der Waals surface area contributed by atoms with Crippen LogP contribution in [0.2, 0.25) is 5.02 Å². The van der Waals surface area contributed by atoms with Crippen LogP contribution in [0.25, 0.3) is 6.08 Å². The number of hydrogen-bond acceptors (Lipinski definition) is 2. The van der Waals surface area contributed by atoms with Gasteiger partial charge in [-0.25, -0.2) is 0 Å². The van der Waals surface area contributed by atoms with E-state index in [1.165, 1.54) is 6.08 Å². The molecule has 1 aromatic carbocycles. The highest BCUT2D eigenvalue weighted by Gasteiger charge is 1.96. The Morgan fingerprint density at radius 1 is 1.35 bits per heavy atom. The zero-order chi connectivity index (χ0) is 12.5. The molecule has 0 aliphatic rings. The van der Waals surface area contributed by atoms with Gasteiger partial charge in [0, 0.05) is 24.3 Å². The lowest BCUT2D eigenvalue weighted by Gasteiger charge is -2.00. The van der Waals surface area contributed by atoms with Crippen molar-refractivity contribution >= 4 is 23.6 Å². The van der Waals surface area contributed by atoms with Crippen molar-refractivity contribution in [2.24, 2.45) is 0 Å². The third-order valence-electron chi connectivity index (χ3n) is 2.20. The van der Waals surface area contributed by atoms with Gasteiger partial charge in [0.25, 0.3) is 0 Å². The molecule has 2 N–H and O–H groups in total. The first kappa shape index (κ1) is 13.7. The van der Waals surface area contributed by atoms with Gasteiger partial charge in [0.2, 0.25) is 5.91 Å². The van der Waals surface area contributed by atoms with Crippen LogP contribution in [-0.2, 0) is 4.79 Å². The molecule has 1 rings (SSSR count). The van der Waals surface area contributed by atoms with Gasteiger partial charge in [0.1, 0.15) is 0 Å². The molecule has 0 atom stereocenters. The van der Waals surface area contributed by atoms with E-state index < -0.39 is 0 Å². The minimum absolute atomic E-state index is 0.150. The lowest BCUT2D eigenvalue weighted by Crippen LogP contribution is -2.22. The van der Waals surface area contributed by atoms with E-state index in [1.54, 1.807) is 12.1 Å². The second-order valence-corrected chi connectivity index (χ2v) is 3.98. The zero-order valence-corrected chi connectivity index (χ0v) is 10.3. The molecule has 0 fully saturated rings. The zero-order valence-electron chi connectivity index (χ0n) is 9.53. The molecule has 0 aliphatic carbocycles. The standard InChI is InChI=1S/C13H16ClNO2/c14-12-6-2-1-5-11(12)7-8-13(17)15-9-3-4-10-16/h1-2,5-8,16H,3-4,9-10H2,(H,15,17)/b8-7+. The van der Waals surface area contributed by atoms with Crippen molar-refractivity contribution in [1.82, 2.24) is 5.32 Å². The molecule has 0 spiro atoms. The topological polar surface area (TPSA) is 49.3 Å². The van der Waals surface area contributed by atoms with Crippen molar-refractivity contribution in [1.29, 1.82) is 0 Å². The number of carbonyl (C=O) groups excluding carboxylic acids is 1. The Labute approximate surface area is 106 Å². The Hall–Kier alpha value is -1.32. The van der Waals surface area contributed by atoms with Gasteiger partial charge in [0.15, 0.2) is 0 Å². The van der Waals surface area contributed by atoms with Crippen molar-refractivity contribution in [3.63, 3.8) is 0 Å². The molecular weight excluding hydrogens is 238 g/mol. The fourth-order valence-corrected chi connectivity index (χ4v) is 1.48. The maximum Gasteiger partial charge on any atom is 0.243 e. The average molecular weight is 254 g/mol. The summed E-state index contributed by atoms with van der Waals surface area (Å²) in [6.45, 7) is 0.734. The second kappa shape index (κ2) is 7.87. The number of rotatable bonds is 6. The number of unbranched alkanes of at least 4 members (excludes halogenated alkanes) is 1. The molecule has 0 bridgehead atoms. The van der Waals surface area contributed by atoms with Crippen molar-refractivity contribution in [2.75, 3.05) is 13.2 Å². The van der Waals surface area contributed by atoms with Crippen molar-refractivity contribution in [3.8, 4) is 0 Å². The largest absolute Gasteiger partial charge is 0.396 e. The van der Waals surface area contributed by atoms with Crippen LogP contribution in [0.15, 0.2) is 30.3 Å². The maximum atomic E-state index is 11.4. The van der Waals surface area contributed by atoms with Crippen molar-refractivity contribution in [2.45, 2.75) is 12.8 Å². The Bertz CT molecular complexity index is 391. The molecule has 92 valence electrons. The third kappa shape index (κ3) is 5.52. The fourth-order valence-electron chi connectivity index (χ4n) is 1.28. The van der Waals surface area contributed by atoms with Crippen molar-refractivity contribution in [3.05, 3.63) is 40.9 Å². The minimum atomic E-state index is -0.150. The summed E-state index contributed by atoms with van der Waals surface area (Å²) in [5, 5.41) is 11.9. The number of amides is 1. The molecule has 0 unspecified atom stereocenters. The summed E-state index contributed by atoms with van der Waals surface area (Å²) < 4.78 is 0. The lowest BCUT2D eigenvalue weighted by atomic mass is 10.2. The van der Waals surface area contributed by atoms with Crippen LogP contribution in [0.1, 0.15) is 18.4 Å². The third-order valence-corrected chi connectivity index (χ3v) is 2.55. The summed E-state index contributed by atoms with van der Waals surface area (Å²) in [6.07, 6.45) is 4.63. The van der Waals surface area contributed by atoms with E-state index in [0.29, 0.717) is 18.0 Å². The van der Waals surface area contributed by atoms with E-state index in [-0.39, 0.29) is 12.5 Å². The van der Waals surface area contributed by atoms with Crippen LogP contribution >= 0.6 is 11.6 Å². The minimum Gasteiger partial charge on any atom is -0.396 e. The van der Waals surface area contributed by atoms with Gasteiger partial charge in [-0.2, -0.15) is 0 Å². The number of aliphatic hydroxyl groups is 1. The molecule has 0 saturated carbocycles. The first-order chi connectivity index (χ1) is 8.24. The van der Waals surface area contributed by atoms with E-state index >= 15 is 0 Å². The number of benzene rings is 1. The lowest BCUT2D eigenvalue weighted by molar-refractivity contribution is -0.116. The quantitative estimate of drug-likeness (QED) is 0.603. The predicted octanol–water partition coefficient (Wildman–Crippen LogP) is 2.24. The molecule has 4 heteroatoms. The number of aliphatic hydroxyl groups excluding tert-OH is 1. The molecule has 1 aromatic rings. The molecule has 0 aromatic heterocycles. The van der Waals surface area contributed by atoms with E-state index in [0.717, 1.165) is 12.0 Å². The summed E-state index contributed by atoms with van der Waals surface area (Å²) in [7, 11) is 0. The molecule has 17 heavy (non-hydrogen) atoms. The molecule has 0 radical (unpaired) electrons. The van der Waals surface area contributed by atoms with Crippen molar-refractivity contribution < 1.29 is 9.90 Å². The smallest absolute Gasteiger partial charge is 0.243 e. The predicted molar refractivity (Wildman–Crippen MR) is 69.8 cm³/mol. The van der Waals surface area contributed by atoms with Crippen LogP contribution in [-0.4, -0.2) is 24.2 Å². The van der Waals surface area contributed by atoms with E-state index in [4.69, 9.17) is 16.7 Å². The Morgan fingerprint density at radius 2 is 2.12 bits per heavy atom. The van der Waals surface area contributed by atoms with Gasteiger partial charge in [-0.05, 0) is 30.5 Å². The number of carbonyl (C=O) groups is 1. The first-order valence-electron chi connectivity index (χ1n) is 5.55. The van der Waals surface area contributed by atoms with Crippen LogP contribution in [0.3, 0.4) is 0 Å². The molecule has 3 nitrogen and oxygen atoms in total. The monoisotopic (exact) mass is 253 g/mol.